The Morgan fingerprint density at radius 2 is 1.80 bits per heavy atom. The minimum absolute atomic E-state index is 0.226. The number of ether oxygens (including phenoxy) is 4. The SMILES string of the molecule is CNCCCN(C)Cc1c[nH]c2ncnc(Nc3ccc(OCCOc4ccc(OC)cc4)c(OCC(=O)O)c3)c12. The standard InChI is InChI=1S/C29H36N6O6/c1-30-11-4-12-35(2)17-20-16-31-28-27(20)29(33-19-32-28)34-21-5-10-24(25(15-21)41-18-26(36)37)40-14-13-39-23-8-6-22(38-3)7-9-23/h5-10,15-16,19,30H,4,11-14,17-18H2,1-3H3,(H,36,37)(H2,31,32,33,34). The quantitative estimate of drug-likeness (QED) is 0.140. The lowest BCUT2D eigenvalue weighted by Gasteiger charge is -2.17. The Kier molecular flexibility index (Phi) is 10.6. The van der Waals surface area contributed by atoms with Gasteiger partial charge in [0.05, 0.1) is 12.5 Å². The van der Waals surface area contributed by atoms with Crippen LogP contribution in [-0.4, -0.2) is 85.0 Å². The van der Waals surface area contributed by atoms with Crippen molar-refractivity contribution < 1.29 is 28.8 Å². The van der Waals surface area contributed by atoms with Gasteiger partial charge in [0.15, 0.2) is 18.1 Å². The first-order chi connectivity index (χ1) is 20.0. The highest BCUT2D eigenvalue weighted by Crippen LogP contribution is 2.33. The van der Waals surface area contributed by atoms with Crippen molar-refractivity contribution in [2.45, 2.75) is 13.0 Å². The molecule has 12 heteroatoms. The van der Waals surface area contributed by atoms with Gasteiger partial charge in [-0.1, -0.05) is 0 Å². The molecule has 0 aliphatic carbocycles. The van der Waals surface area contributed by atoms with Crippen molar-refractivity contribution in [1.29, 1.82) is 0 Å². The molecule has 4 rings (SSSR count). The molecule has 218 valence electrons. The number of hydrogen-bond acceptors (Lipinski definition) is 10. The number of carboxylic acids is 1. The monoisotopic (exact) mass is 564 g/mol. The van der Waals surface area contributed by atoms with Gasteiger partial charge in [-0.05, 0) is 75.6 Å². The van der Waals surface area contributed by atoms with Gasteiger partial charge in [0.2, 0.25) is 0 Å². The molecule has 2 heterocycles. The molecule has 0 aliphatic rings. The van der Waals surface area contributed by atoms with Crippen LogP contribution in [0.4, 0.5) is 11.5 Å². The van der Waals surface area contributed by atoms with Crippen molar-refractivity contribution in [2.75, 3.05) is 59.4 Å². The number of carbonyl (C=O) groups is 1. The molecular weight excluding hydrogens is 528 g/mol. The molecule has 0 spiro atoms. The van der Waals surface area contributed by atoms with Gasteiger partial charge >= 0.3 is 5.97 Å². The molecule has 12 nitrogen and oxygen atoms in total. The first-order valence-electron chi connectivity index (χ1n) is 13.3. The molecule has 0 aliphatic heterocycles. The Balaban J connectivity index is 1.46. The van der Waals surface area contributed by atoms with E-state index in [2.05, 4.69) is 37.5 Å². The zero-order valence-electron chi connectivity index (χ0n) is 23.5. The molecule has 0 atom stereocenters. The zero-order valence-corrected chi connectivity index (χ0v) is 23.5. The maximum atomic E-state index is 11.2. The molecular formula is C29H36N6O6. The fourth-order valence-electron chi connectivity index (χ4n) is 4.22. The second kappa shape index (κ2) is 14.7. The number of fused-ring (bicyclic) bond motifs is 1. The van der Waals surface area contributed by atoms with Gasteiger partial charge in [-0.25, -0.2) is 14.8 Å². The number of hydrogen-bond donors (Lipinski definition) is 4. The summed E-state index contributed by atoms with van der Waals surface area (Å²) in [5, 5.41) is 16.6. The fraction of sp³-hybridized carbons (Fsp3) is 0.345. The number of rotatable bonds is 17. The molecule has 0 amide bonds. The van der Waals surface area contributed by atoms with Crippen LogP contribution < -0.4 is 29.6 Å². The Labute approximate surface area is 238 Å². The van der Waals surface area contributed by atoms with Crippen LogP contribution >= 0.6 is 0 Å². The van der Waals surface area contributed by atoms with Gasteiger partial charge in [-0.3, -0.25) is 0 Å². The smallest absolute Gasteiger partial charge is 0.341 e. The maximum absolute atomic E-state index is 11.2. The highest BCUT2D eigenvalue weighted by Gasteiger charge is 2.15. The van der Waals surface area contributed by atoms with E-state index in [4.69, 9.17) is 18.9 Å². The van der Waals surface area contributed by atoms with Gasteiger partial charge < -0.3 is 44.6 Å². The van der Waals surface area contributed by atoms with Gasteiger partial charge in [0.25, 0.3) is 0 Å². The van der Waals surface area contributed by atoms with E-state index >= 15 is 0 Å². The first kappa shape index (κ1) is 29.4. The number of benzene rings is 2. The van der Waals surface area contributed by atoms with Gasteiger partial charge in [-0.15, -0.1) is 0 Å². The Morgan fingerprint density at radius 1 is 1.02 bits per heavy atom. The number of aromatic nitrogens is 3. The topological polar surface area (TPSA) is 143 Å². The van der Waals surface area contributed by atoms with E-state index < -0.39 is 12.6 Å². The number of H-pyrrole nitrogens is 1. The normalized spacial score (nSPS) is 11.0. The lowest BCUT2D eigenvalue weighted by atomic mass is 10.2. The highest BCUT2D eigenvalue weighted by molar-refractivity contribution is 5.92. The minimum atomic E-state index is -1.09. The van der Waals surface area contributed by atoms with Crippen molar-refractivity contribution in [3.63, 3.8) is 0 Å². The van der Waals surface area contributed by atoms with Crippen molar-refractivity contribution in [2.24, 2.45) is 0 Å². The average molecular weight is 565 g/mol. The van der Waals surface area contributed by atoms with Gasteiger partial charge in [0.1, 0.15) is 42.5 Å². The average Bonchev–Trinajstić information content (AvgIpc) is 3.38. The number of anilines is 2. The van der Waals surface area contributed by atoms with Crippen LogP contribution in [0, 0.1) is 0 Å². The first-order valence-corrected chi connectivity index (χ1v) is 13.3. The zero-order chi connectivity index (χ0) is 29.0. The van der Waals surface area contributed by atoms with Crippen LogP contribution in [0.3, 0.4) is 0 Å². The lowest BCUT2D eigenvalue weighted by Crippen LogP contribution is -2.22. The molecule has 2 aromatic heterocycles. The van der Waals surface area contributed by atoms with E-state index in [-0.39, 0.29) is 19.0 Å². The predicted molar refractivity (Wildman–Crippen MR) is 156 cm³/mol. The molecule has 0 saturated carbocycles. The van der Waals surface area contributed by atoms with E-state index in [1.807, 2.05) is 43.6 Å². The number of nitrogens with zero attached hydrogens (tertiary/aromatic N) is 3. The maximum Gasteiger partial charge on any atom is 0.341 e. The number of aromatic amines is 1. The molecule has 41 heavy (non-hydrogen) atoms. The van der Waals surface area contributed by atoms with E-state index in [0.717, 1.165) is 48.4 Å². The Morgan fingerprint density at radius 3 is 2.56 bits per heavy atom. The molecule has 0 fully saturated rings. The summed E-state index contributed by atoms with van der Waals surface area (Å²) in [6, 6.07) is 12.5. The number of aliphatic carboxylic acids is 1. The van der Waals surface area contributed by atoms with Crippen LogP contribution in [0.1, 0.15) is 12.0 Å². The lowest BCUT2D eigenvalue weighted by molar-refractivity contribution is -0.139. The minimum Gasteiger partial charge on any atom is -0.497 e. The third-order valence-electron chi connectivity index (χ3n) is 6.19. The van der Waals surface area contributed by atoms with Crippen molar-refractivity contribution in [3.05, 3.63) is 60.6 Å². The van der Waals surface area contributed by atoms with Gasteiger partial charge in [0, 0.05) is 24.5 Å². The van der Waals surface area contributed by atoms with Crippen LogP contribution in [0.2, 0.25) is 0 Å². The van der Waals surface area contributed by atoms with Gasteiger partial charge in [-0.2, -0.15) is 0 Å². The Hall–Kier alpha value is -4.55. The van der Waals surface area contributed by atoms with Crippen LogP contribution in [0.25, 0.3) is 11.0 Å². The molecule has 0 unspecified atom stereocenters. The van der Waals surface area contributed by atoms with E-state index in [1.165, 1.54) is 6.33 Å². The summed E-state index contributed by atoms with van der Waals surface area (Å²) in [6.07, 6.45) is 4.48. The molecule has 2 aromatic carbocycles. The summed E-state index contributed by atoms with van der Waals surface area (Å²) in [6.45, 7) is 2.62. The number of nitrogens with one attached hydrogen (secondary N) is 3. The summed E-state index contributed by atoms with van der Waals surface area (Å²) in [5.74, 6) is 1.64. The highest BCUT2D eigenvalue weighted by atomic mass is 16.5. The summed E-state index contributed by atoms with van der Waals surface area (Å²) >= 11 is 0. The van der Waals surface area contributed by atoms with E-state index in [1.54, 1.807) is 19.2 Å². The molecule has 0 bridgehead atoms. The largest absolute Gasteiger partial charge is 0.497 e. The van der Waals surface area contributed by atoms with E-state index in [0.29, 0.717) is 23.0 Å². The third-order valence-corrected chi connectivity index (χ3v) is 6.19. The van der Waals surface area contributed by atoms with Crippen molar-refractivity contribution in [3.8, 4) is 23.0 Å². The van der Waals surface area contributed by atoms with Crippen LogP contribution in [0.15, 0.2) is 55.0 Å². The number of carboxylic acid groups (broad SMARTS) is 1. The molecule has 0 saturated heterocycles. The van der Waals surface area contributed by atoms with Crippen LogP contribution in [0.5, 0.6) is 23.0 Å². The van der Waals surface area contributed by atoms with Crippen molar-refractivity contribution in [1.82, 2.24) is 25.2 Å². The van der Waals surface area contributed by atoms with E-state index in [9.17, 15) is 9.90 Å². The predicted octanol–water partition coefficient (Wildman–Crippen LogP) is 3.67. The van der Waals surface area contributed by atoms with Crippen LogP contribution in [-0.2, 0) is 11.3 Å². The summed E-state index contributed by atoms with van der Waals surface area (Å²) in [4.78, 5) is 25.5. The third kappa shape index (κ3) is 8.47. The summed E-state index contributed by atoms with van der Waals surface area (Å²) < 4.78 is 22.3. The molecule has 4 aromatic rings. The van der Waals surface area contributed by atoms with Crippen molar-refractivity contribution >= 4 is 28.5 Å². The number of methoxy groups -OCH3 is 1. The summed E-state index contributed by atoms with van der Waals surface area (Å²) in [7, 11) is 5.63. The Bertz CT molecular complexity index is 1410. The molecule has 0 radical (unpaired) electrons. The fourth-order valence-corrected chi connectivity index (χ4v) is 4.22. The second-order valence-electron chi connectivity index (χ2n) is 9.30. The summed E-state index contributed by atoms with van der Waals surface area (Å²) in [5.41, 5.74) is 2.44. The second-order valence-corrected chi connectivity index (χ2v) is 9.30. The molecule has 4 N–H and O–H groups in total.